The molecule has 68 valence electrons. The van der Waals surface area contributed by atoms with E-state index in [1.165, 1.54) is 0 Å². The van der Waals surface area contributed by atoms with E-state index < -0.39 is 0 Å². The first-order valence-corrected chi connectivity index (χ1v) is 4.78. The van der Waals surface area contributed by atoms with E-state index in [2.05, 4.69) is 27.0 Å². The lowest BCUT2D eigenvalue weighted by atomic mass is 10.2. The van der Waals surface area contributed by atoms with E-state index in [-0.39, 0.29) is 0 Å². The Morgan fingerprint density at radius 3 is 2.86 bits per heavy atom. The van der Waals surface area contributed by atoms with Gasteiger partial charge in [0.25, 0.3) is 0 Å². The van der Waals surface area contributed by atoms with Crippen LogP contribution >= 0.6 is 15.9 Å². The van der Waals surface area contributed by atoms with Crippen molar-refractivity contribution >= 4 is 15.9 Å². The van der Waals surface area contributed by atoms with E-state index in [1.807, 2.05) is 16.8 Å². The van der Waals surface area contributed by atoms with Crippen LogP contribution in [0.3, 0.4) is 0 Å². The summed E-state index contributed by atoms with van der Waals surface area (Å²) >= 11 is 3.41. The molecule has 0 atom stereocenters. The molecule has 1 heterocycles. The Morgan fingerprint density at radius 1 is 1.43 bits per heavy atom. The first-order valence-electron chi connectivity index (χ1n) is 3.99. The van der Waals surface area contributed by atoms with E-state index in [0.717, 1.165) is 10.2 Å². The molecule has 0 bridgehead atoms. The minimum absolute atomic E-state index is 0.640. The molecule has 0 saturated carbocycles. The number of halogens is 1. The third-order valence-corrected chi connectivity index (χ3v) is 2.49. The van der Waals surface area contributed by atoms with Crippen LogP contribution in [0.4, 0.5) is 0 Å². The lowest BCUT2D eigenvalue weighted by Gasteiger charge is -2.04. The maximum Gasteiger partial charge on any atom is 0.0992 e. The molecule has 0 radical (unpaired) electrons. The van der Waals surface area contributed by atoms with Crippen LogP contribution in [-0.2, 0) is 0 Å². The van der Waals surface area contributed by atoms with Gasteiger partial charge < -0.3 is 4.57 Å². The van der Waals surface area contributed by atoms with Crippen molar-refractivity contribution in [3.63, 3.8) is 0 Å². The molecule has 1 aromatic heterocycles. The lowest BCUT2D eigenvalue weighted by Crippen LogP contribution is -1.91. The first kappa shape index (κ1) is 8.97. The van der Waals surface area contributed by atoms with Gasteiger partial charge >= 0.3 is 0 Å². The Labute approximate surface area is 89.8 Å². The smallest absolute Gasteiger partial charge is 0.0992 e. The van der Waals surface area contributed by atoms with E-state index >= 15 is 0 Å². The summed E-state index contributed by atoms with van der Waals surface area (Å²) in [5.41, 5.74) is 1.61. The van der Waals surface area contributed by atoms with Crippen LogP contribution < -0.4 is 0 Å². The number of rotatable bonds is 1. The Kier molecular flexibility index (Phi) is 2.33. The zero-order chi connectivity index (χ0) is 9.97. The summed E-state index contributed by atoms with van der Waals surface area (Å²) in [4.78, 5) is 3.96. The van der Waals surface area contributed by atoms with Gasteiger partial charge in [0.1, 0.15) is 0 Å². The summed E-state index contributed by atoms with van der Waals surface area (Å²) in [5, 5.41) is 8.69. The van der Waals surface area contributed by atoms with Crippen molar-refractivity contribution in [3.8, 4) is 11.8 Å². The van der Waals surface area contributed by atoms with Crippen molar-refractivity contribution in [2.45, 2.75) is 0 Å². The fourth-order valence-electron chi connectivity index (χ4n) is 1.19. The molecule has 0 amide bonds. The number of benzene rings is 1. The van der Waals surface area contributed by atoms with Crippen LogP contribution in [0.5, 0.6) is 0 Å². The topological polar surface area (TPSA) is 41.6 Å². The predicted molar refractivity (Wildman–Crippen MR) is 56.0 cm³/mol. The molecule has 0 N–H and O–H groups in total. The highest BCUT2D eigenvalue weighted by Gasteiger charge is 2.02. The van der Waals surface area contributed by atoms with Gasteiger partial charge in [-0.1, -0.05) is 0 Å². The van der Waals surface area contributed by atoms with Crippen molar-refractivity contribution in [3.05, 3.63) is 47.0 Å². The van der Waals surface area contributed by atoms with Gasteiger partial charge in [-0.2, -0.15) is 5.26 Å². The average Bonchev–Trinajstić information content (AvgIpc) is 2.70. The summed E-state index contributed by atoms with van der Waals surface area (Å²) in [6, 6.07) is 7.53. The minimum Gasteiger partial charge on any atom is -0.305 e. The van der Waals surface area contributed by atoms with E-state index in [4.69, 9.17) is 5.26 Å². The molecule has 0 saturated heterocycles. The largest absolute Gasteiger partial charge is 0.305 e. The fraction of sp³-hybridized carbons (Fsp3) is 0. The molecule has 0 spiro atoms. The molecule has 14 heavy (non-hydrogen) atoms. The van der Waals surface area contributed by atoms with Crippen molar-refractivity contribution in [1.82, 2.24) is 9.55 Å². The lowest BCUT2D eigenvalue weighted by molar-refractivity contribution is 1.05. The molecule has 4 heteroatoms. The number of aromatic nitrogens is 2. The maximum atomic E-state index is 8.69. The van der Waals surface area contributed by atoms with Crippen molar-refractivity contribution in [2.24, 2.45) is 0 Å². The van der Waals surface area contributed by atoms with Gasteiger partial charge in [0.2, 0.25) is 0 Å². The molecule has 0 fully saturated rings. The van der Waals surface area contributed by atoms with Crippen LogP contribution in [0, 0.1) is 11.3 Å². The monoisotopic (exact) mass is 247 g/mol. The normalized spacial score (nSPS) is 9.71. The number of nitrogens with zero attached hydrogens (tertiary/aromatic N) is 3. The number of hydrogen-bond acceptors (Lipinski definition) is 2. The second kappa shape index (κ2) is 3.64. The molecule has 3 nitrogen and oxygen atoms in total. The number of nitriles is 1. The van der Waals surface area contributed by atoms with Crippen molar-refractivity contribution < 1.29 is 0 Å². The predicted octanol–water partition coefficient (Wildman–Crippen LogP) is 2.51. The van der Waals surface area contributed by atoms with Gasteiger partial charge in [-0.05, 0) is 34.1 Å². The Hall–Kier alpha value is -1.60. The van der Waals surface area contributed by atoms with Crippen LogP contribution in [0.2, 0.25) is 0 Å². The van der Waals surface area contributed by atoms with Crippen LogP contribution in [0.25, 0.3) is 5.69 Å². The van der Waals surface area contributed by atoms with Crippen LogP contribution in [-0.4, -0.2) is 9.55 Å². The highest BCUT2D eigenvalue weighted by Crippen LogP contribution is 2.21. The Morgan fingerprint density at radius 2 is 2.29 bits per heavy atom. The van der Waals surface area contributed by atoms with Gasteiger partial charge in [0.15, 0.2) is 0 Å². The van der Waals surface area contributed by atoms with E-state index in [9.17, 15) is 0 Å². The van der Waals surface area contributed by atoms with E-state index in [0.29, 0.717) is 5.56 Å². The molecular formula is C10H6BrN3. The van der Waals surface area contributed by atoms with Crippen molar-refractivity contribution in [2.75, 3.05) is 0 Å². The minimum atomic E-state index is 0.640. The third kappa shape index (κ3) is 1.54. The Bertz CT molecular complexity index is 483. The molecule has 0 unspecified atom stereocenters. The second-order valence-corrected chi connectivity index (χ2v) is 3.60. The molecule has 0 aliphatic heterocycles. The molecule has 1 aromatic carbocycles. The summed E-state index contributed by atoms with van der Waals surface area (Å²) < 4.78 is 2.76. The summed E-state index contributed by atoms with van der Waals surface area (Å²) in [7, 11) is 0. The Balaban J connectivity index is 2.52. The highest BCUT2D eigenvalue weighted by atomic mass is 79.9. The van der Waals surface area contributed by atoms with Crippen molar-refractivity contribution in [1.29, 1.82) is 5.26 Å². The highest BCUT2D eigenvalue weighted by molar-refractivity contribution is 9.10. The third-order valence-electron chi connectivity index (χ3n) is 1.86. The summed E-state index contributed by atoms with van der Waals surface area (Å²) in [6.07, 6.45) is 5.28. The number of hydrogen-bond donors (Lipinski definition) is 0. The SMILES string of the molecule is N#Cc1ccc(-n2ccnc2)c(Br)c1. The average molecular weight is 248 g/mol. The van der Waals surface area contributed by atoms with Gasteiger partial charge in [-0.15, -0.1) is 0 Å². The van der Waals surface area contributed by atoms with Crippen LogP contribution in [0.15, 0.2) is 41.4 Å². The second-order valence-electron chi connectivity index (χ2n) is 2.75. The van der Waals surface area contributed by atoms with E-state index in [1.54, 1.807) is 24.7 Å². The van der Waals surface area contributed by atoms with Gasteiger partial charge in [0, 0.05) is 16.9 Å². The van der Waals surface area contributed by atoms with Gasteiger partial charge in [-0.3, -0.25) is 0 Å². The molecule has 0 aliphatic carbocycles. The molecule has 0 aliphatic rings. The molecular weight excluding hydrogens is 242 g/mol. The first-order chi connectivity index (χ1) is 6.81. The van der Waals surface area contributed by atoms with Crippen LogP contribution in [0.1, 0.15) is 5.56 Å². The van der Waals surface area contributed by atoms with Gasteiger partial charge in [0.05, 0.1) is 23.6 Å². The molecule has 2 aromatic rings. The zero-order valence-electron chi connectivity index (χ0n) is 7.18. The summed E-state index contributed by atoms with van der Waals surface area (Å²) in [5.74, 6) is 0. The standard InChI is InChI=1S/C10H6BrN3/c11-9-5-8(6-12)1-2-10(9)14-4-3-13-7-14/h1-5,7H. The fourth-order valence-corrected chi connectivity index (χ4v) is 1.77. The zero-order valence-corrected chi connectivity index (χ0v) is 8.77. The summed E-state index contributed by atoms with van der Waals surface area (Å²) in [6.45, 7) is 0. The number of imidazole rings is 1. The molecule has 2 rings (SSSR count). The maximum absolute atomic E-state index is 8.69. The van der Waals surface area contributed by atoms with Gasteiger partial charge in [-0.25, -0.2) is 4.98 Å². The quantitative estimate of drug-likeness (QED) is 0.777.